The maximum Gasteiger partial charge on any atom is 0.318 e. The summed E-state index contributed by atoms with van der Waals surface area (Å²) in [5, 5.41) is 3.27. The van der Waals surface area contributed by atoms with E-state index in [2.05, 4.69) is 15.8 Å². The Kier molecular flexibility index (Phi) is 5.29. The summed E-state index contributed by atoms with van der Waals surface area (Å²) < 4.78 is 16.4. The van der Waals surface area contributed by atoms with Crippen LogP contribution in [0.15, 0.2) is 50.3 Å². The van der Waals surface area contributed by atoms with E-state index in [0.29, 0.717) is 5.92 Å². The number of nitrogens with one attached hydrogen (secondary N) is 1. The van der Waals surface area contributed by atoms with Gasteiger partial charge in [-0.3, -0.25) is 4.79 Å². The summed E-state index contributed by atoms with van der Waals surface area (Å²) in [5.41, 5.74) is 9.39. The van der Waals surface area contributed by atoms with E-state index in [1.807, 2.05) is 0 Å². The predicted octanol–water partition coefficient (Wildman–Crippen LogP) is 4.24. The largest absolute Gasteiger partial charge is 0.439 e. The second kappa shape index (κ2) is 7.72. The van der Waals surface area contributed by atoms with E-state index >= 15 is 0 Å². The van der Waals surface area contributed by atoms with Gasteiger partial charge >= 0.3 is 6.03 Å². The van der Waals surface area contributed by atoms with E-state index in [-0.39, 0.29) is 21.5 Å². The van der Waals surface area contributed by atoms with Gasteiger partial charge in [0.2, 0.25) is 5.91 Å². The molecule has 0 heterocycles. The van der Waals surface area contributed by atoms with Gasteiger partial charge in [0.1, 0.15) is 0 Å². The van der Waals surface area contributed by atoms with Gasteiger partial charge in [0.25, 0.3) is 0 Å². The standard InChI is InChI=1S/C20H21ClN3O3S/c21-13-7-8-16(19(22)25)17(10-13)28(27)24-20(26)23-18-14-5-1-3-11(14)9-12-4-2-6-15(12)18/h7-10,14,18H,1-6H2,(H2,22,25)(H,23,26)/q-1. The van der Waals surface area contributed by atoms with Crippen LogP contribution in [0.25, 0.3) is 0 Å². The van der Waals surface area contributed by atoms with Crippen molar-refractivity contribution in [1.82, 2.24) is 5.32 Å². The van der Waals surface area contributed by atoms with Crippen LogP contribution >= 0.6 is 11.6 Å². The van der Waals surface area contributed by atoms with E-state index in [1.165, 1.54) is 34.9 Å². The first kappa shape index (κ1) is 19.2. The Labute approximate surface area is 170 Å². The van der Waals surface area contributed by atoms with Crippen LogP contribution in [-0.4, -0.2) is 18.0 Å². The molecule has 0 saturated heterocycles. The molecule has 2 atom stereocenters. The molecule has 3 aliphatic rings. The Bertz CT molecular complexity index is 1010. The van der Waals surface area contributed by atoms with Crippen LogP contribution in [0.1, 0.15) is 48.9 Å². The van der Waals surface area contributed by atoms with Gasteiger partial charge in [-0.25, -0.2) is 4.79 Å². The summed E-state index contributed by atoms with van der Waals surface area (Å²) in [6.45, 7) is 0. The second-order valence-electron chi connectivity index (χ2n) is 7.39. The quantitative estimate of drug-likeness (QED) is 0.717. The van der Waals surface area contributed by atoms with Crippen molar-refractivity contribution < 1.29 is 13.8 Å². The highest BCUT2D eigenvalue weighted by molar-refractivity contribution is 7.75. The van der Waals surface area contributed by atoms with Crippen LogP contribution in [0.3, 0.4) is 0 Å². The molecular weight excluding hydrogens is 398 g/mol. The number of nitrogens with zero attached hydrogens (tertiary/aromatic N) is 1. The zero-order valence-corrected chi connectivity index (χ0v) is 16.8. The first-order chi connectivity index (χ1) is 13.4. The van der Waals surface area contributed by atoms with Crippen molar-refractivity contribution in [3.05, 3.63) is 51.6 Å². The van der Waals surface area contributed by atoms with E-state index in [1.54, 1.807) is 0 Å². The Morgan fingerprint density at radius 2 is 2.04 bits per heavy atom. The molecule has 6 nitrogen and oxygen atoms in total. The Morgan fingerprint density at radius 1 is 1.21 bits per heavy atom. The molecule has 0 aromatic heterocycles. The number of hydrogen-bond donors (Lipinski definition) is 2. The first-order valence-electron chi connectivity index (χ1n) is 9.40. The number of urea groups is 1. The van der Waals surface area contributed by atoms with Crippen LogP contribution in [0.4, 0.5) is 4.79 Å². The molecule has 8 heteroatoms. The number of carbonyl (C=O) groups excluding carboxylic acids is 2. The Hall–Kier alpha value is -2.12. The minimum absolute atomic E-state index is 0.0405. The van der Waals surface area contributed by atoms with E-state index < -0.39 is 22.5 Å². The lowest BCUT2D eigenvalue weighted by Gasteiger charge is -2.31. The molecule has 148 valence electrons. The number of carbonyl (C=O) groups is 2. The van der Waals surface area contributed by atoms with Crippen LogP contribution in [0.2, 0.25) is 5.02 Å². The Balaban J connectivity index is 1.59. The molecule has 1 fully saturated rings. The molecule has 3 N–H and O–H groups in total. The predicted molar refractivity (Wildman–Crippen MR) is 107 cm³/mol. The minimum Gasteiger partial charge on any atom is -0.439 e. The number of allylic oxidation sites excluding steroid dienone is 2. The summed E-state index contributed by atoms with van der Waals surface area (Å²) in [7, 11) is -2.08. The lowest BCUT2D eigenvalue weighted by atomic mass is 9.82. The maximum absolute atomic E-state index is 12.6. The number of benzene rings is 1. The fourth-order valence-corrected chi connectivity index (χ4v) is 5.67. The summed E-state index contributed by atoms with van der Waals surface area (Å²) in [4.78, 5) is 24.2. The van der Waals surface area contributed by atoms with E-state index in [0.717, 1.165) is 38.5 Å². The fourth-order valence-electron chi connectivity index (χ4n) is 4.55. The Morgan fingerprint density at radius 3 is 2.82 bits per heavy atom. The molecule has 0 aliphatic heterocycles. The molecule has 28 heavy (non-hydrogen) atoms. The molecule has 0 bridgehead atoms. The zero-order valence-electron chi connectivity index (χ0n) is 15.2. The van der Waals surface area contributed by atoms with Crippen LogP contribution in [0, 0.1) is 5.92 Å². The van der Waals surface area contributed by atoms with Gasteiger partial charge in [0.05, 0.1) is 6.04 Å². The van der Waals surface area contributed by atoms with Gasteiger partial charge < -0.3 is 19.6 Å². The molecule has 4 rings (SSSR count). The number of primary amides is 1. The number of amides is 3. The van der Waals surface area contributed by atoms with Crippen molar-refractivity contribution in [2.24, 2.45) is 16.0 Å². The van der Waals surface area contributed by atoms with Crippen LogP contribution in [0.5, 0.6) is 0 Å². The minimum atomic E-state index is -2.08. The third kappa shape index (κ3) is 3.61. The molecule has 1 aromatic carbocycles. The normalized spacial score (nSPS) is 24.5. The van der Waals surface area contributed by atoms with Crippen LogP contribution < -0.4 is 11.1 Å². The lowest BCUT2D eigenvalue weighted by Crippen LogP contribution is -2.41. The third-order valence-corrected chi connectivity index (χ3v) is 7.02. The molecular formula is C20H21ClN3O3S-. The molecule has 0 spiro atoms. The van der Waals surface area contributed by atoms with Crippen molar-refractivity contribution in [3.63, 3.8) is 0 Å². The maximum atomic E-state index is 12.6. The van der Waals surface area contributed by atoms with E-state index in [9.17, 15) is 13.8 Å². The number of halogens is 1. The highest BCUT2D eigenvalue weighted by atomic mass is 35.5. The number of hydrogen-bond acceptors (Lipinski definition) is 4. The molecule has 1 aromatic rings. The highest BCUT2D eigenvalue weighted by Gasteiger charge is 2.37. The van der Waals surface area contributed by atoms with E-state index in [4.69, 9.17) is 17.3 Å². The van der Waals surface area contributed by atoms with Crippen molar-refractivity contribution in [2.45, 2.75) is 49.5 Å². The highest BCUT2D eigenvalue weighted by Crippen LogP contribution is 2.45. The molecule has 1 saturated carbocycles. The molecule has 3 amide bonds. The summed E-state index contributed by atoms with van der Waals surface area (Å²) in [5.74, 6) is -0.443. The summed E-state index contributed by atoms with van der Waals surface area (Å²) in [6, 6.07) is 3.49. The molecule has 2 unspecified atom stereocenters. The molecule has 3 aliphatic carbocycles. The number of rotatable bonds is 3. The van der Waals surface area contributed by atoms with Crippen molar-refractivity contribution in [3.8, 4) is 0 Å². The second-order valence-corrected chi connectivity index (χ2v) is 8.95. The van der Waals surface area contributed by atoms with Crippen LogP contribution in [-0.2, 0) is 14.8 Å². The van der Waals surface area contributed by atoms with Crippen molar-refractivity contribution in [2.75, 3.05) is 0 Å². The fraction of sp³-hybridized carbons (Fsp3) is 0.400. The lowest BCUT2D eigenvalue weighted by molar-refractivity contribution is 0.0997. The smallest absolute Gasteiger partial charge is 0.318 e. The monoisotopic (exact) mass is 418 g/mol. The van der Waals surface area contributed by atoms with Gasteiger partial charge in [-0.1, -0.05) is 34.2 Å². The van der Waals surface area contributed by atoms with Gasteiger partial charge in [-0.05, 0) is 61.8 Å². The number of nitrogens with two attached hydrogens (primary N) is 1. The van der Waals surface area contributed by atoms with Gasteiger partial charge in [0.15, 0.2) is 0 Å². The SMILES string of the molecule is NC(=O)c1ccc(Cl)cc1[S-](=O)=NC(=O)NC1C2=C(C=C3CCCC31)CCC2. The average Bonchev–Trinajstić information content (AvgIpc) is 3.30. The average molecular weight is 419 g/mol. The first-order valence-corrected chi connectivity index (χ1v) is 10.9. The van der Waals surface area contributed by atoms with Gasteiger partial charge in [-0.15, -0.1) is 0 Å². The zero-order chi connectivity index (χ0) is 19.8. The topological polar surface area (TPSA) is 102 Å². The summed E-state index contributed by atoms with van der Waals surface area (Å²) >= 11 is 5.94. The van der Waals surface area contributed by atoms with Gasteiger partial charge in [0, 0.05) is 16.5 Å². The summed E-state index contributed by atoms with van der Waals surface area (Å²) in [6.07, 6.45) is 8.68. The van der Waals surface area contributed by atoms with Crippen molar-refractivity contribution in [1.29, 1.82) is 0 Å². The third-order valence-electron chi connectivity index (χ3n) is 5.74. The van der Waals surface area contributed by atoms with Crippen molar-refractivity contribution >= 4 is 34.1 Å². The van der Waals surface area contributed by atoms with Gasteiger partial charge in [-0.2, -0.15) is 10.6 Å². The number of fused-ring (bicyclic) bond motifs is 1. The molecule has 0 radical (unpaired) electrons.